The normalized spacial score (nSPS) is 17.4. The van der Waals surface area contributed by atoms with E-state index in [9.17, 15) is 0 Å². The maximum Gasteiger partial charge on any atom is 0.0323 e. The van der Waals surface area contributed by atoms with Gasteiger partial charge < -0.3 is 5.73 Å². The van der Waals surface area contributed by atoms with Gasteiger partial charge in [0, 0.05) is 17.8 Å². The van der Waals surface area contributed by atoms with Crippen molar-refractivity contribution in [2.75, 3.05) is 12.3 Å². The van der Waals surface area contributed by atoms with E-state index in [1.165, 1.54) is 31.4 Å². The number of hydrogen-bond acceptors (Lipinski definition) is 2. The van der Waals surface area contributed by atoms with E-state index in [0.717, 1.165) is 17.6 Å². The molecule has 1 unspecified atom stereocenters. The van der Waals surface area contributed by atoms with Crippen LogP contribution in [0.15, 0.2) is 24.3 Å². The molecule has 1 aromatic rings. The van der Waals surface area contributed by atoms with Gasteiger partial charge in [-0.05, 0) is 56.3 Å². The standard InChI is InChI=1S/C16H26N2/c1-12(2)9-10-18(16-7-8-16)13(3)14-5-4-6-15(17)11-14/h4-6,11-13,16H,7-10,17H2,1-3H3. The van der Waals surface area contributed by atoms with Crippen molar-refractivity contribution in [3.63, 3.8) is 0 Å². The Balaban J connectivity index is 2.05. The topological polar surface area (TPSA) is 29.3 Å². The Morgan fingerprint density at radius 3 is 2.56 bits per heavy atom. The van der Waals surface area contributed by atoms with Crippen molar-refractivity contribution in [1.29, 1.82) is 0 Å². The van der Waals surface area contributed by atoms with Crippen LogP contribution in [-0.2, 0) is 0 Å². The summed E-state index contributed by atoms with van der Waals surface area (Å²) in [5.74, 6) is 0.777. The van der Waals surface area contributed by atoms with E-state index >= 15 is 0 Å². The lowest BCUT2D eigenvalue weighted by atomic mass is 10.0. The molecule has 0 amide bonds. The summed E-state index contributed by atoms with van der Waals surface area (Å²) in [5.41, 5.74) is 8.12. The number of rotatable bonds is 6. The van der Waals surface area contributed by atoms with E-state index in [-0.39, 0.29) is 0 Å². The van der Waals surface area contributed by atoms with E-state index in [2.05, 4.69) is 43.9 Å². The van der Waals surface area contributed by atoms with Crippen molar-refractivity contribution in [2.45, 2.75) is 52.1 Å². The van der Waals surface area contributed by atoms with Crippen molar-refractivity contribution >= 4 is 5.69 Å². The number of hydrogen-bond donors (Lipinski definition) is 1. The lowest BCUT2D eigenvalue weighted by molar-refractivity contribution is 0.189. The lowest BCUT2D eigenvalue weighted by Gasteiger charge is -2.30. The fourth-order valence-electron chi connectivity index (χ4n) is 2.52. The van der Waals surface area contributed by atoms with Crippen LogP contribution < -0.4 is 5.73 Å². The molecule has 1 fully saturated rings. The molecule has 0 radical (unpaired) electrons. The molecular formula is C16H26N2. The Hall–Kier alpha value is -1.02. The molecule has 0 bridgehead atoms. The Kier molecular flexibility index (Phi) is 4.28. The minimum atomic E-state index is 0.486. The first-order chi connectivity index (χ1) is 8.58. The molecule has 2 N–H and O–H groups in total. The van der Waals surface area contributed by atoms with E-state index in [1.807, 2.05) is 6.07 Å². The zero-order valence-electron chi connectivity index (χ0n) is 11.9. The van der Waals surface area contributed by atoms with Gasteiger partial charge in [-0.2, -0.15) is 0 Å². The molecule has 0 heterocycles. The minimum absolute atomic E-state index is 0.486. The second-order valence-corrected chi connectivity index (χ2v) is 6.00. The molecule has 100 valence electrons. The zero-order valence-corrected chi connectivity index (χ0v) is 11.9. The third-order valence-electron chi connectivity index (χ3n) is 3.87. The van der Waals surface area contributed by atoms with Crippen LogP contribution in [0.3, 0.4) is 0 Å². The summed E-state index contributed by atoms with van der Waals surface area (Å²) in [6, 6.07) is 9.64. The number of nitrogens with zero attached hydrogens (tertiary/aromatic N) is 1. The largest absolute Gasteiger partial charge is 0.399 e. The molecule has 0 spiro atoms. The second kappa shape index (κ2) is 5.75. The van der Waals surface area contributed by atoms with Gasteiger partial charge in [-0.1, -0.05) is 26.0 Å². The highest BCUT2D eigenvalue weighted by Crippen LogP contribution is 2.35. The van der Waals surface area contributed by atoms with Crippen LogP contribution in [0.25, 0.3) is 0 Å². The maximum absolute atomic E-state index is 5.89. The monoisotopic (exact) mass is 246 g/mol. The highest BCUT2D eigenvalue weighted by Gasteiger charge is 2.32. The molecule has 2 rings (SSSR count). The average Bonchev–Trinajstić information content (AvgIpc) is 3.13. The quantitative estimate of drug-likeness (QED) is 0.773. The molecule has 1 aliphatic carbocycles. The van der Waals surface area contributed by atoms with Crippen LogP contribution in [-0.4, -0.2) is 17.5 Å². The Morgan fingerprint density at radius 1 is 1.28 bits per heavy atom. The third-order valence-corrected chi connectivity index (χ3v) is 3.87. The molecule has 1 saturated carbocycles. The van der Waals surface area contributed by atoms with Crippen molar-refractivity contribution in [1.82, 2.24) is 4.90 Å². The van der Waals surface area contributed by atoms with Crippen LogP contribution in [0.4, 0.5) is 5.69 Å². The van der Waals surface area contributed by atoms with Gasteiger partial charge in [0.1, 0.15) is 0 Å². The Bertz CT molecular complexity index is 382. The Morgan fingerprint density at radius 2 is 2.00 bits per heavy atom. The highest BCUT2D eigenvalue weighted by molar-refractivity contribution is 5.41. The minimum Gasteiger partial charge on any atom is -0.399 e. The summed E-state index contributed by atoms with van der Waals surface area (Å²) in [6.45, 7) is 8.12. The number of anilines is 1. The summed E-state index contributed by atoms with van der Waals surface area (Å²) in [6.07, 6.45) is 4.01. The first-order valence-corrected chi connectivity index (χ1v) is 7.19. The molecule has 0 aliphatic heterocycles. The second-order valence-electron chi connectivity index (χ2n) is 6.00. The smallest absolute Gasteiger partial charge is 0.0323 e. The van der Waals surface area contributed by atoms with Gasteiger partial charge in [0.05, 0.1) is 0 Å². The van der Waals surface area contributed by atoms with Crippen LogP contribution in [0.5, 0.6) is 0 Å². The van der Waals surface area contributed by atoms with Crippen LogP contribution in [0, 0.1) is 5.92 Å². The highest BCUT2D eigenvalue weighted by atomic mass is 15.2. The van der Waals surface area contributed by atoms with Crippen LogP contribution >= 0.6 is 0 Å². The van der Waals surface area contributed by atoms with E-state index in [1.54, 1.807) is 0 Å². The molecule has 2 heteroatoms. The average molecular weight is 246 g/mol. The summed E-state index contributed by atoms with van der Waals surface area (Å²) in [4.78, 5) is 2.66. The summed E-state index contributed by atoms with van der Waals surface area (Å²) in [5, 5.41) is 0. The summed E-state index contributed by atoms with van der Waals surface area (Å²) >= 11 is 0. The van der Waals surface area contributed by atoms with Crippen molar-refractivity contribution < 1.29 is 0 Å². The molecule has 1 aliphatic rings. The van der Waals surface area contributed by atoms with Gasteiger partial charge in [0.15, 0.2) is 0 Å². The summed E-state index contributed by atoms with van der Waals surface area (Å²) < 4.78 is 0. The third kappa shape index (κ3) is 3.49. The summed E-state index contributed by atoms with van der Waals surface area (Å²) in [7, 11) is 0. The van der Waals surface area contributed by atoms with Crippen LogP contribution in [0.1, 0.15) is 51.6 Å². The Labute approximate surface area is 111 Å². The fraction of sp³-hybridized carbons (Fsp3) is 0.625. The number of benzene rings is 1. The fourth-order valence-corrected chi connectivity index (χ4v) is 2.52. The zero-order chi connectivity index (χ0) is 13.1. The predicted molar refractivity (Wildman–Crippen MR) is 78.5 cm³/mol. The van der Waals surface area contributed by atoms with Crippen LogP contribution in [0.2, 0.25) is 0 Å². The molecule has 2 nitrogen and oxygen atoms in total. The molecule has 0 aromatic heterocycles. The molecule has 1 atom stereocenters. The predicted octanol–water partition coefficient (Wildman–Crippen LogP) is 3.84. The molecule has 18 heavy (non-hydrogen) atoms. The lowest BCUT2D eigenvalue weighted by Crippen LogP contribution is -2.31. The van der Waals surface area contributed by atoms with E-state index in [4.69, 9.17) is 5.73 Å². The van der Waals surface area contributed by atoms with E-state index in [0.29, 0.717) is 6.04 Å². The van der Waals surface area contributed by atoms with Crippen molar-refractivity contribution in [3.05, 3.63) is 29.8 Å². The van der Waals surface area contributed by atoms with Gasteiger partial charge in [0.2, 0.25) is 0 Å². The maximum atomic E-state index is 5.89. The van der Waals surface area contributed by atoms with Gasteiger partial charge in [-0.25, -0.2) is 0 Å². The first-order valence-electron chi connectivity index (χ1n) is 7.19. The van der Waals surface area contributed by atoms with Gasteiger partial charge in [-0.3, -0.25) is 4.90 Å². The van der Waals surface area contributed by atoms with Crippen molar-refractivity contribution in [2.24, 2.45) is 5.92 Å². The van der Waals surface area contributed by atoms with Gasteiger partial charge in [0.25, 0.3) is 0 Å². The van der Waals surface area contributed by atoms with Crippen molar-refractivity contribution in [3.8, 4) is 0 Å². The van der Waals surface area contributed by atoms with Gasteiger partial charge in [-0.15, -0.1) is 0 Å². The molecule has 0 saturated heterocycles. The SMILES string of the molecule is CC(C)CCN(C1CC1)C(C)c1cccc(N)c1. The van der Waals surface area contributed by atoms with E-state index < -0.39 is 0 Å². The molecule has 1 aromatic carbocycles. The number of nitrogens with two attached hydrogens (primary N) is 1. The molecular weight excluding hydrogens is 220 g/mol. The first kappa shape index (κ1) is 13.4. The number of nitrogen functional groups attached to an aromatic ring is 1. The van der Waals surface area contributed by atoms with Gasteiger partial charge >= 0.3 is 0 Å².